The van der Waals surface area contributed by atoms with Crippen LogP contribution in [0.1, 0.15) is 53.8 Å². The molecule has 27 heavy (non-hydrogen) atoms. The molecule has 0 spiro atoms. The van der Waals surface area contributed by atoms with E-state index >= 15 is 0 Å². The number of methoxy groups -OCH3 is 1. The molecule has 8 heteroatoms. The normalized spacial score (nSPS) is 14.6. The summed E-state index contributed by atoms with van der Waals surface area (Å²) in [5, 5.41) is 3.18. The minimum atomic E-state index is -0.480. The first-order chi connectivity index (χ1) is 13.1. The number of esters is 2. The van der Waals surface area contributed by atoms with Gasteiger partial charge in [-0.3, -0.25) is 4.79 Å². The summed E-state index contributed by atoms with van der Waals surface area (Å²) in [7, 11) is 1.33. The molecule has 2 aliphatic rings. The summed E-state index contributed by atoms with van der Waals surface area (Å²) in [4.78, 5) is 39.4. The van der Waals surface area contributed by atoms with Gasteiger partial charge in [0.1, 0.15) is 9.88 Å². The average molecular weight is 405 g/mol. The first-order valence-corrected chi connectivity index (χ1v) is 10.5. The van der Waals surface area contributed by atoms with Crippen molar-refractivity contribution in [3.63, 3.8) is 0 Å². The number of rotatable bonds is 5. The molecule has 0 radical (unpaired) electrons. The van der Waals surface area contributed by atoms with Gasteiger partial charge in [0.15, 0.2) is 6.61 Å². The zero-order valence-electron chi connectivity index (χ0n) is 14.9. The summed E-state index contributed by atoms with van der Waals surface area (Å²) in [6.07, 6.45) is 5.85. The molecular weight excluding hydrogens is 386 g/mol. The van der Waals surface area contributed by atoms with Gasteiger partial charge in [-0.15, -0.1) is 22.7 Å². The summed E-state index contributed by atoms with van der Waals surface area (Å²) in [5.41, 5.74) is 2.61. The van der Waals surface area contributed by atoms with Crippen LogP contribution in [-0.2, 0) is 40.0 Å². The van der Waals surface area contributed by atoms with E-state index in [1.807, 2.05) is 6.07 Å². The molecule has 0 atom stereocenters. The highest BCUT2D eigenvalue weighted by Crippen LogP contribution is 2.39. The number of ether oxygens (including phenoxy) is 2. The minimum absolute atomic E-state index is 0.384. The Bertz CT molecular complexity index is 905. The summed E-state index contributed by atoms with van der Waals surface area (Å²) < 4.78 is 10.0. The van der Waals surface area contributed by atoms with Crippen LogP contribution in [0, 0.1) is 0 Å². The van der Waals surface area contributed by atoms with Gasteiger partial charge in [-0.1, -0.05) is 0 Å². The van der Waals surface area contributed by atoms with Crippen molar-refractivity contribution < 1.29 is 23.9 Å². The molecule has 1 amide bonds. The van der Waals surface area contributed by atoms with E-state index in [0.717, 1.165) is 49.0 Å². The van der Waals surface area contributed by atoms with Crippen LogP contribution in [0.3, 0.4) is 0 Å². The Morgan fingerprint density at radius 1 is 1.04 bits per heavy atom. The molecule has 6 nitrogen and oxygen atoms in total. The second kappa shape index (κ2) is 7.44. The molecule has 4 rings (SSSR count). The van der Waals surface area contributed by atoms with Crippen LogP contribution in [0.5, 0.6) is 0 Å². The smallest absolute Gasteiger partial charge is 0.348 e. The van der Waals surface area contributed by atoms with Gasteiger partial charge < -0.3 is 14.8 Å². The predicted octanol–water partition coefficient (Wildman–Crippen LogP) is 3.37. The lowest BCUT2D eigenvalue weighted by Gasteiger charge is -2.07. The molecule has 1 N–H and O–H groups in total. The van der Waals surface area contributed by atoms with Gasteiger partial charge in [-0.2, -0.15) is 0 Å². The molecule has 0 unspecified atom stereocenters. The lowest BCUT2D eigenvalue weighted by atomic mass is 10.1. The van der Waals surface area contributed by atoms with Crippen molar-refractivity contribution in [3.8, 4) is 0 Å². The van der Waals surface area contributed by atoms with Crippen LogP contribution < -0.4 is 5.32 Å². The third kappa shape index (κ3) is 3.51. The Hall–Kier alpha value is -2.19. The maximum absolute atomic E-state index is 12.2. The number of carbonyl (C=O) groups is 3. The zero-order chi connectivity index (χ0) is 19.0. The Balaban J connectivity index is 1.39. The second-order valence-electron chi connectivity index (χ2n) is 6.59. The van der Waals surface area contributed by atoms with E-state index in [1.54, 1.807) is 0 Å². The quantitative estimate of drug-likeness (QED) is 0.772. The van der Waals surface area contributed by atoms with Gasteiger partial charge in [0.2, 0.25) is 0 Å². The highest BCUT2D eigenvalue weighted by molar-refractivity contribution is 7.17. The van der Waals surface area contributed by atoms with Crippen molar-refractivity contribution in [1.82, 2.24) is 0 Å². The first-order valence-electron chi connectivity index (χ1n) is 8.88. The fraction of sp³-hybridized carbons (Fsp3) is 0.421. The predicted molar refractivity (Wildman–Crippen MR) is 103 cm³/mol. The van der Waals surface area contributed by atoms with E-state index in [9.17, 15) is 14.4 Å². The average Bonchev–Trinajstić information content (AvgIpc) is 3.38. The van der Waals surface area contributed by atoms with Crippen molar-refractivity contribution in [1.29, 1.82) is 0 Å². The Labute approximate surface area is 164 Å². The van der Waals surface area contributed by atoms with Crippen molar-refractivity contribution >= 4 is 45.5 Å². The van der Waals surface area contributed by atoms with E-state index in [2.05, 4.69) is 5.32 Å². The van der Waals surface area contributed by atoms with Crippen molar-refractivity contribution in [2.24, 2.45) is 0 Å². The molecule has 2 heterocycles. The summed E-state index contributed by atoms with van der Waals surface area (Å²) in [6.45, 7) is -0.384. The van der Waals surface area contributed by atoms with Crippen LogP contribution >= 0.6 is 22.7 Å². The molecule has 0 fully saturated rings. The molecule has 2 aromatic heterocycles. The highest BCUT2D eigenvalue weighted by Gasteiger charge is 2.28. The molecular formula is C19H19NO5S2. The largest absolute Gasteiger partial charge is 0.465 e. The zero-order valence-corrected chi connectivity index (χ0v) is 16.5. The number of nitrogens with one attached hydrogen (secondary N) is 1. The Morgan fingerprint density at radius 3 is 2.59 bits per heavy atom. The summed E-state index contributed by atoms with van der Waals surface area (Å²) in [5.74, 6) is -1.39. The summed E-state index contributed by atoms with van der Waals surface area (Å²) >= 11 is 2.84. The first kappa shape index (κ1) is 18.2. The molecule has 0 aromatic carbocycles. The standard InChI is InChI=1S/C19H19NO5S2/c1-24-19(23)16-11-5-3-7-13(11)27-17(16)20-15(21)9-25-18(22)14-8-10-4-2-6-12(10)26-14/h8H,2-7,9H2,1H3,(H,20,21). The molecule has 0 saturated carbocycles. The Kier molecular flexibility index (Phi) is 5.01. The van der Waals surface area contributed by atoms with Gasteiger partial charge in [0.05, 0.1) is 12.7 Å². The number of anilines is 1. The summed E-state index contributed by atoms with van der Waals surface area (Å²) in [6, 6.07) is 1.87. The highest BCUT2D eigenvalue weighted by atomic mass is 32.1. The molecule has 2 aromatic rings. The lowest BCUT2D eigenvalue weighted by molar-refractivity contribution is -0.119. The van der Waals surface area contributed by atoms with Crippen LogP contribution in [0.4, 0.5) is 5.00 Å². The van der Waals surface area contributed by atoms with Crippen LogP contribution in [-0.4, -0.2) is 31.6 Å². The van der Waals surface area contributed by atoms with Crippen LogP contribution in [0.25, 0.3) is 0 Å². The number of aryl methyl sites for hydroxylation is 3. The third-order valence-electron chi connectivity index (χ3n) is 4.85. The number of carbonyl (C=O) groups excluding carboxylic acids is 3. The third-order valence-corrected chi connectivity index (χ3v) is 7.27. The minimum Gasteiger partial charge on any atom is -0.465 e. The maximum Gasteiger partial charge on any atom is 0.348 e. The molecule has 0 aliphatic heterocycles. The van der Waals surface area contributed by atoms with Gasteiger partial charge in [-0.05, 0) is 55.7 Å². The van der Waals surface area contributed by atoms with Gasteiger partial charge >= 0.3 is 11.9 Å². The molecule has 142 valence electrons. The number of hydrogen-bond donors (Lipinski definition) is 1. The van der Waals surface area contributed by atoms with Crippen molar-refractivity contribution in [2.45, 2.75) is 38.5 Å². The fourth-order valence-electron chi connectivity index (χ4n) is 3.60. The van der Waals surface area contributed by atoms with Crippen LogP contribution in [0.15, 0.2) is 6.07 Å². The second-order valence-corrected chi connectivity index (χ2v) is 8.83. The number of amides is 1. The number of thiophene rings is 2. The van der Waals surface area contributed by atoms with Gasteiger partial charge in [-0.25, -0.2) is 9.59 Å². The van der Waals surface area contributed by atoms with Gasteiger partial charge in [0.25, 0.3) is 5.91 Å². The lowest BCUT2D eigenvalue weighted by Crippen LogP contribution is -2.21. The van der Waals surface area contributed by atoms with Crippen LogP contribution in [0.2, 0.25) is 0 Å². The maximum atomic E-state index is 12.2. The van der Waals surface area contributed by atoms with E-state index in [0.29, 0.717) is 15.4 Å². The van der Waals surface area contributed by atoms with Gasteiger partial charge in [0, 0.05) is 9.75 Å². The molecule has 0 bridgehead atoms. The number of fused-ring (bicyclic) bond motifs is 2. The SMILES string of the molecule is COC(=O)c1c(NC(=O)COC(=O)c2cc3c(s2)CCC3)sc2c1CCC2. The van der Waals surface area contributed by atoms with E-state index < -0.39 is 17.8 Å². The molecule has 0 saturated heterocycles. The topological polar surface area (TPSA) is 81.7 Å². The van der Waals surface area contributed by atoms with E-state index in [4.69, 9.17) is 9.47 Å². The number of hydrogen-bond acceptors (Lipinski definition) is 7. The Morgan fingerprint density at radius 2 is 1.81 bits per heavy atom. The monoisotopic (exact) mass is 405 g/mol. The fourth-order valence-corrected chi connectivity index (χ4v) is 6.05. The molecule has 2 aliphatic carbocycles. The van der Waals surface area contributed by atoms with E-state index in [1.165, 1.54) is 40.2 Å². The van der Waals surface area contributed by atoms with Crippen molar-refractivity contribution in [2.75, 3.05) is 19.0 Å². The van der Waals surface area contributed by atoms with Crippen molar-refractivity contribution in [3.05, 3.63) is 37.4 Å². The van der Waals surface area contributed by atoms with E-state index in [-0.39, 0.29) is 6.61 Å².